The van der Waals surface area contributed by atoms with Crippen LogP contribution in [0.2, 0.25) is 0 Å². The van der Waals surface area contributed by atoms with Gasteiger partial charge in [0, 0.05) is 32.2 Å². The summed E-state index contributed by atoms with van der Waals surface area (Å²) in [5.41, 5.74) is 7.81. The van der Waals surface area contributed by atoms with Crippen molar-refractivity contribution in [1.29, 1.82) is 0 Å². The smallest absolute Gasteiger partial charge is 0.243 e. The highest BCUT2D eigenvalue weighted by Crippen LogP contribution is 2.21. The van der Waals surface area contributed by atoms with Gasteiger partial charge in [-0.25, -0.2) is 8.42 Å². The van der Waals surface area contributed by atoms with Crippen molar-refractivity contribution in [3.8, 4) is 0 Å². The van der Waals surface area contributed by atoms with Gasteiger partial charge in [0.2, 0.25) is 15.9 Å². The number of piperazine rings is 1. The molecule has 142 valence electrons. The first-order valence-corrected chi connectivity index (χ1v) is 9.70. The Morgan fingerprint density at radius 1 is 1.08 bits per heavy atom. The summed E-state index contributed by atoms with van der Waals surface area (Å²) in [5, 5.41) is 0. The molecule has 0 bridgehead atoms. The van der Waals surface area contributed by atoms with E-state index in [9.17, 15) is 13.2 Å². The number of hydrogen-bond acceptors (Lipinski definition) is 4. The lowest BCUT2D eigenvalue weighted by Gasteiger charge is -2.35. The Hall–Kier alpha value is -1.15. The zero-order chi connectivity index (χ0) is 18.1. The van der Waals surface area contributed by atoms with Crippen LogP contribution in [-0.2, 0) is 14.8 Å². The van der Waals surface area contributed by atoms with Gasteiger partial charge in [0.1, 0.15) is 0 Å². The predicted octanol–water partition coefficient (Wildman–Crippen LogP) is 1.54. The third-order valence-electron chi connectivity index (χ3n) is 4.84. The van der Waals surface area contributed by atoms with Crippen LogP contribution < -0.4 is 5.73 Å². The normalized spacial score (nSPS) is 18.4. The van der Waals surface area contributed by atoms with Gasteiger partial charge in [-0.1, -0.05) is 13.0 Å². The quantitative estimate of drug-likeness (QED) is 0.846. The van der Waals surface area contributed by atoms with Gasteiger partial charge < -0.3 is 10.6 Å². The number of rotatable bonds is 4. The summed E-state index contributed by atoms with van der Waals surface area (Å²) in [7, 11) is -3.52. The van der Waals surface area contributed by atoms with Crippen molar-refractivity contribution < 1.29 is 13.2 Å². The molecular weight excluding hydrogens is 362 g/mol. The molecule has 0 aromatic heterocycles. The van der Waals surface area contributed by atoms with Crippen molar-refractivity contribution in [2.24, 2.45) is 11.7 Å². The van der Waals surface area contributed by atoms with Crippen LogP contribution in [0.4, 0.5) is 0 Å². The Labute approximate surface area is 156 Å². The molecule has 6 nitrogen and oxygen atoms in total. The largest absolute Gasteiger partial charge is 0.340 e. The lowest BCUT2D eigenvalue weighted by atomic mass is 10.0. The second-order valence-electron chi connectivity index (χ2n) is 6.62. The molecule has 1 amide bonds. The monoisotopic (exact) mass is 389 g/mol. The van der Waals surface area contributed by atoms with Crippen molar-refractivity contribution >= 4 is 28.3 Å². The van der Waals surface area contributed by atoms with E-state index >= 15 is 0 Å². The highest BCUT2D eigenvalue weighted by molar-refractivity contribution is 7.89. The van der Waals surface area contributed by atoms with Gasteiger partial charge in [-0.15, -0.1) is 12.4 Å². The van der Waals surface area contributed by atoms with E-state index in [1.54, 1.807) is 17.0 Å². The number of hydrogen-bond donors (Lipinski definition) is 1. The molecule has 1 fully saturated rings. The lowest BCUT2D eigenvalue weighted by molar-refractivity contribution is -0.136. The van der Waals surface area contributed by atoms with E-state index in [-0.39, 0.29) is 30.3 Å². The van der Waals surface area contributed by atoms with Crippen molar-refractivity contribution in [3.63, 3.8) is 0 Å². The molecule has 1 aliphatic rings. The molecule has 25 heavy (non-hydrogen) atoms. The summed E-state index contributed by atoms with van der Waals surface area (Å²) in [6.07, 6.45) is 0. The Morgan fingerprint density at radius 3 is 2.12 bits per heavy atom. The summed E-state index contributed by atoms with van der Waals surface area (Å²) >= 11 is 0. The summed E-state index contributed by atoms with van der Waals surface area (Å²) in [5.74, 6) is -0.263. The minimum Gasteiger partial charge on any atom is -0.340 e. The first-order chi connectivity index (χ1) is 11.1. The molecule has 0 spiro atoms. The maximum atomic E-state index is 12.8. The Balaban J connectivity index is 0.00000312. The Bertz CT molecular complexity index is 714. The predicted molar refractivity (Wildman–Crippen MR) is 101 cm³/mol. The number of aryl methyl sites for hydroxylation is 2. The van der Waals surface area contributed by atoms with Crippen LogP contribution in [0.25, 0.3) is 0 Å². The molecule has 2 rings (SSSR count). The van der Waals surface area contributed by atoms with Crippen LogP contribution in [0.15, 0.2) is 23.1 Å². The van der Waals surface area contributed by atoms with Crippen molar-refractivity contribution in [3.05, 3.63) is 29.3 Å². The molecule has 1 heterocycles. The SMILES string of the molecule is Cc1ccc(S(=O)(=O)N2CCN(C(=O)C(C)C(C)N)CC2)cc1C.Cl. The fourth-order valence-electron chi connectivity index (χ4n) is 2.69. The Kier molecular flexibility index (Phi) is 7.43. The molecule has 1 aliphatic heterocycles. The molecule has 0 aliphatic carbocycles. The minimum atomic E-state index is -3.52. The number of carbonyl (C=O) groups is 1. The van der Waals surface area contributed by atoms with Gasteiger partial charge in [-0.2, -0.15) is 4.31 Å². The fraction of sp³-hybridized carbons (Fsp3) is 0.588. The highest BCUT2D eigenvalue weighted by atomic mass is 35.5. The fourth-order valence-corrected chi connectivity index (χ4v) is 4.19. The Morgan fingerprint density at radius 2 is 1.64 bits per heavy atom. The summed E-state index contributed by atoms with van der Waals surface area (Å²) in [6, 6.07) is 4.97. The number of benzene rings is 1. The van der Waals surface area contributed by atoms with Crippen LogP contribution in [0.3, 0.4) is 0 Å². The number of carbonyl (C=O) groups excluding carboxylic acids is 1. The first-order valence-electron chi connectivity index (χ1n) is 8.26. The third-order valence-corrected chi connectivity index (χ3v) is 6.74. The standard InChI is InChI=1S/C17H27N3O3S.ClH/c1-12-5-6-16(11-13(12)2)24(22,23)20-9-7-19(8-10-20)17(21)14(3)15(4)18;/h5-6,11,14-15H,7-10,18H2,1-4H3;1H. The maximum absolute atomic E-state index is 12.8. The first kappa shape index (κ1) is 21.9. The van der Waals surface area contributed by atoms with Crippen molar-refractivity contribution in [1.82, 2.24) is 9.21 Å². The summed E-state index contributed by atoms with van der Waals surface area (Å²) in [4.78, 5) is 14.3. The zero-order valence-corrected chi connectivity index (χ0v) is 16.9. The van der Waals surface area contributed by atoms with Gasteiger partial charge in [0.25, 0.3) is 0 Å². The van der Waals surface area contributed by atoms with Gasteiger partial charge >= 0.3 is 0 Å². The van der Waals surface area contributed by atoms with Gasteiger partial charge in [-0.05, 0) is 44.0 Å². The average Bonchev–Trinajstić information content (AvgIpc) is 2.55. The molecule has 2 unspecified atom stereocenters. The van der Waals surface area contributed by atoms with E-state index in [0.717, 1.165) is 11.1 Å². The second kappa shape index (κ2) is 8.49. The summed E-state index contributed by atoms with van der Waals surface area (Å²) < 4.78 is 27.0. The molecule has 2 atom stereocenters. The van der Waals surface area contributed by atoms with Crippen LogP contribution in [0.1, 0.15) is 25.0 Å². The van der Waals surface area contributed by atoms with E-state index in [1.165, 1.54) is 4.31 Å². The van der Waals surface area contributed by atoms with E-state index in [1.807, 2.05) is 33.8 Å². The molecule has 2 N–H and O–H groups in total. The summed E-state index contributed by atoms with van der Waals surface area (Å²) in [6.45, 7) is 8.91. The maximum Gasteiger partial charge on any atom is 0.243 e. The van der Waals surface area contributed by atoms with Gasteiger partial charge in [0.15, 0.2) is 0 Å². The molecule has 1 aromatic carbocycles. The number of nitrogens with two attached hydrogens (primary N) is 1. The molecule has 1 aromatic rings. The lowest BCUT2D eigenvalue weighted by Crippen LogP contribution is -2.53. The van der Waals surface area contributed by atoms with Gasteiger partial charge in [-0.3, -0.25) is 4.79 Å². The number of nitrogens with zero attached hydrogens (tertiary/aromatic N) is 2. The van der Waals surface area contributed by atoms with Gasteiger partial charge in [0.05, 0.1) is 10.8 Å². The van der Waals surface area contributed by atoms with E-state index in [4.69, 9.17) is 5.73 Å². The van der Waals surface area contributed by atoms with Crippen LogP contribution in [-0.4, -0.2) is 55.8 Å². The van der Waals surface area contributed by atoms with Crippen molar-refractivity contribution in [2.75, 3.05) is 26.2 Å². The topological polar surface area (TPSA) is 83.7 Å². The molecule has 0 saturated carbocycles. The molecular formula is C17H28ClN3O3S. The van der Waals surface area contributed by atoms with Crippen LogP contribution in [0, 0.1) is 19.8 Å². The van der Waals surface area contributed by atoms with E-state index in [0.29, 0.717) is 31.1 Å². The number of halogens is 1. The van der Waals surface area contributed by atoms with E-state index < -0.39 is 10.0 Å². The molecule has 0 radical (unpaired) electrons. The van der Waals surface area contributed by atoms with Crippen LogP contribution >= 0.6 is 12.4 Å². The van der Waals surface area contributed by atoms with E-state index in [2.05, 4.69) is 0 Å². The number of amides is 1. The second-order valence-corrected chi connectivity index (χ2v) is 8.56. The molecule has 1 saturated heterocycles. The number of sulfonamides is 1. The molecule has 8 heteroatoms. The third kappa shape index (κ3) is 4.73. The minimum absolute atomic E-state index is 0. The zero-order valence-electron chi connectivity index (χ0n) is 15.2. The van der Waals surface area contributed by atoms with Crippen molar-refractivity contribution in [2.45, 2.75) is 38.6 Å². The van der Waals surface area contributed by atoms with Crippen LogP contribution in [0.5, 0.6) is 0 Å². The average molecular weight is 390 g/mol. The highest BCUT2D eigenvalue weighted by Gasteiger charge is 2.32.